The quantitative estimate of drug-likeness (QED) is 0.667. The number of hydrogen-bond donors (Lipinski definition) is 1. The summed E-state index contributed by atoms with van der Waals surface area (Å²) in [6.07, 6.45) is 0. The number of aliphatic imine (C=N–C) groups is 1. The molecule has 0 bridgehead atoms. The van der Waals surface area contributed by atoms with E-state index in [4.69, 9.17) is 9.57 Å². The van der Waals surface area contributed by atoms with Crippen molar-refractivity contribution in [3.63, 3.8) is 0 Å². The molecule has 2 rings (SSSR count). The van der Waals surface area contributed by atoms with Crippen LogP contribution in [0.1, 0.15) is 30.9 Å². The van der Waals surface area contributed by atoms with Crippen molar-refractivity contribution >= 4 is 11.8 Å². The number of hydrogen-bond acceptors (Lipinski definition) is 5. The van der Waals surface area contributed by atoms with Gasteiger partial charge in [0, 0.05) is 23.9 Å². The van der Waals surface area contributed by atoms with Crippen LogP contribution >= 0.6 is 0 Å². The number of halogens is 2. The van der Waals surface area contributed by atoms with Crippen LogP contribution in [0, 0.1) is 24.5 Å². The average Bonchev–Trinajstić information content (AvgIpc) is 2.80. The standard InChI is InChI=1S/C16H20F2N2O3/c1-4-22-14(21)8-23-20-16-10(3)11(7-19-16)15-12(17)5-9(2)6-13(15)18/h5-6,10-11H,4,7-8H2,1-3H3,(H,19,20)/t10-,11+/m0/s1. The molecule has 5 nitrogen and oxygen atoms in total. The molecule has 0 radical (unpaired) electrons. The molecular weight excluding hydrogens is 306 g/mol. The van der Waals surface area contributed by atoms with Crippen LogP contribution in [-0.2, 0) is 14.4 Å². The highest BCUT2D eigenvalue weighted by Gasteiger charge is 2.33. The van der Waals surface area contributed by atoms with Gasteiger partial charge in [-0.2, -0.15) is 0 Å². The van der Waals surface area contributed by atoms with Crippen molar-refractivity contribution in [1.29, 1.82) is 0 Å². The van der Waals surface area contributed by atoms with Crippen LogP contribution in [0.4, 0.5) is 8.78 Å². The third kappa shape index (κ3) is 4.04. The number of aryl methyl sites for hydroxylation is 1. The van der Waals surface area contributed by atoms with Crippen molar-refractivity contribution in [1.82, 2.24) is 5.48 Å². The number of hydroxylamine groups is 1. The normalized spacial score (nSPS) is 20.3. The van der Waals surface area contributed by atoms with Gasteiger partial charge in [0.1, 0.15) is 17.5 Å². The molecule has 0 saturated heterocycles. The summed E-state index contributed by atoms with van der Waals surface area (Å²) in [4.78, 5) is 20.4. The fourth-order valence-corrected chi connectivity index (χ4v) is 2.59. The van der Waals surface area contributed by atoms with Crippen LogP contribution in [-0.4, -0.2) is 31.6 Å². The van der Waals surface area contributed by atoms with E-state index < -0.39 is 23.5 Å². The molecule has 23 heavy (non-hydrogen) atoms. The Balaban J connectivity index is 1.98. The van der Waals surface area contributed by atoms with Crippen LogP contribution in [0.3, 0.4) is 0 Å². The molecule has 0 aromatic heterocycles. The number of rotatable bonds is 5. The minimum Gasteiger partial charge on any atom is -0.464 e. The third-order valence-electron chi connectivity index (χ3n) is 3.76. The highest BCUT2D eigenvalue weighted by molar-refractivity contribution is 5.86. The SMILES string of the molecule is CCOC(=O)CONC1=NC[C@@H](c2c(F)cc(C)cc2F)[C@@H]1C. The van der Waals surface area contributed by atoms with E-state index in [0.717, 1.165) is 0 Å². The largest absolute Gasteiger partial charge is 0.464 e. The fraction of sp³-hybridized carbons (Fsp3) is 0.500. The number of nitrogens with zero attached hydrogens (tertiary/aromatic N) is 1. The summed E-state index contributed by atoms with van der Waals surface area (Å²) in [5, 5.41) is 0. The summed E-state index contributed by atoms with van der Waals surface area (Å²) in [5.41, 5.74) is 3.14. The van der Waals surface area contributed by atoms with Gasteiger partial charge in [0.2, 0.25) is 0 Å². The first-order valence-electron chi connectivity index (χ1n) is 7.47. The second-order valence-corrected chi connectivity index (χ2v) is 5.46. The third-order valence-corrected chi connectivity index (χ3v) is 3.76. The maximum Gasteiger partial charge on any atom is 0.334 e. The molecule has 0 spiro atoms. The minimum atomic E-state index is -0.566. The first-order valence-corrected chi connectivity index (χ1v) is 7.47. The summed E-state index contributed by atoms with van der Waals surface area (Å²) in [6.45, 7) is 5.40. The van der Waals surface area contributed by atoms with Gasteiger partial charge >= 0.3 is 5.97 Å². The molecule has 0 aliphatic carbocycles. The molecule has 1 heterocycles. The van der Waals surface area contributed by atoms with Crippen molar-refractivity contribution in [2.75, 3.05) is 19.8 Å². The zero-order valence-electron chi connectivity index (χ0n) is 13.4. The van der Waals surface area contributed by atoms with Gasteiger partial charge in [0.25, 0.3) is 0 Å². The van der Waals surface area contributed by atoms with Gasteiger partial charge in [-0.1, -0.05) is 6.92 Å². The van der Waals surface area contributed by atoms with E-state index >= 15 is 0 Å². The maximum absolute atomic E-state index is 14.1. The van der Waals surface area contributed by atoms with E-state index in [1.165, 1.54) is 12.1 Å². The first-order chi connectivity index (χ1) is 10.9. The zero-order valence-corrected chi connectivity index (χ0v) is 13.4. The Morgan fingerprint density at radius 2 is 2.04 bits per heavy atom. The predicted octanol–water partition coefficient (Wildman–Crippen LogP) is 2.49. The molecule has 0 fully saturated rings. The number of esters is 1. The second kappa shape index (κ2) is 7.50. The summed E-state index contributed by atoms with van der Waals surface area (Å²) in [5.74, 6) is -1.85. The molecule has 0 unspecified atom stereocenters. The molecule has 0 saturated carbocycles. The van der Waals surface area contributed by atoms with Gasteiger partial charge in [-0.05, 0) is 31.5 Å². The number of amidine groups is 1. The van der Waals surface area contributed by atoms with Crippen molar-refractivity contribution in [3.8, 4) is 0 Å². The lowest BCUT2D eigenvalue weighted by Gasteiger charge is -2.19. The van der Waals surface area contributed by atoms with Crippen molar-refractivity contribution < 1.29 is 23.1 Å². The van der Waals surface area contributed by atoms with E-state index in [0.29, 0.717) is 11.4 Å². The van der Waals surface area contributed by atoms with Gasteiger partial charge in [-0.3, -0.25) is 15.3 Å². The van der Waals surface area contributed by atoms with Gasteiger partial charge in [-0.25, -0.2) is 13.6 Å². The topological polar surface area (TPSA) is 59.9 Å². The van der Waals surface area contributed by atoms with E-state index in [2.05, 4.69) is 10.5 Å². The van der Waals surface area contributed by atoms with Gasteiger partial charge in [0.05, 0.1) is 6.61 Å². The van der Waals surface area contributed by atoms with Crippen molar-refractivity contribution in [2.45, 2.75) is 26.7 Å². The monoisotopic (exact) mass is 326 g/mol. The van der Waals surface area contributed by atoms with Crippen LogP contribution < -0.4 is 5.48 Å². The Morgan fingerprint density at radius 1 is 1.39 bits per heavy atom. The maximum atomic E-state index is 14.1. The smallest absolute Gasteiger partial charge is 0.334 e. The first kappa shape index (κ1) is 17.3. The molecule has 1 aromatic rings. The van der Waals surface area contributed by atoms with Crippen LogP contribution in [0.15, 0.2) is 17.1 Å². The van der Waals surface area contributed by atoms with Gasteiger partial charge in [0.15, 0.2) is 6.61 Å². The number of carbonyl (C=O) groups excluding carboxylic acids is 1. The molecule has 1 aromatic carbocycles. The van der Waals surface area contributed by atoms with Crippen LogP contribution in [0.25, 0.3) is 0 Å². The summed E-state index contributed by atoms with van der Waals surface area (Å²) < 4.78 is 32.9. The molecule has 1 N–H and O–H groups in total. The van der Waals surface area contributed by atoms with E-state index in [9.17, 15) is 13.6 Å². The number of carbonyl (C=O) groups is 1. The summed E-state index contributed by atoms with van der Waals surface area (Å²) in [7, 11) is 0. The molecule has 2 atom stereocenters. The lowest BCUT2D eigenvalue weighted by Crippen LogP contribution is -2.31. The number of ether oxygens (including phenoxy) is 1. The van der Waals surface area contributed by atoms with Crippen LogP contribution in [0.5, 0.6) is 0 Å². The van der Waals surface area contributed by atoms with Crippen LogP contribution in [0.2, 0.25) is 0 Å². The van der Waals surface area contributed by atoms with Crippen molar-refractivity contribution in [2.24, 2.45) is 10.9 Å². The summed E-state index contributed by atoms with van der Waals surface area (Å²) in [6, 6.07) is 2.63. The number of nitrogens with one attached hydrogen (secondary N) is 1. The molecule has 1 aliphatic rings. The molecule has 0 amide bonds. The van der Waals surface area contributed by atoms with Gasteiger partial charge < -0.3 is 4.74 Å². The lowest BCUT2D eigenvalue weighted by molar-refractivity contribution is -0.150. The lowest BCUT2D eigenvalue weighted by atomic mass is 9.87. The number of benzene rings is 1. The Hall–Kier alpha value is -2.02. The Kier molecular flexibility index (Phi) is 5.65. The van der Waals surface area contributed by atoms with E-state index in [1.807, 2.05) is 0 Å². The zero-order chi connectivity index (χ0) is 17.0. The van der Waals surface area contributed by atoms with E-state index in [-0.39, 0.29) is 31.2 Å². The fourth-order valence-electron chi connectivity index (χ4n) is 2.59. The van der Waals surface area contributed by atoms with Crippen molar-refractivity contribution in [3.05, 3.63) is 34.9 Å². The van der Waals surface area contributed by atoms with E-state index in [1.54, 1.807) is 20.8 Å². The highest BCUT2D eigenvalue weighted by Crippen LogP contribution is 2.34. The molecule has 126 valence electrons. The molecule has 1 aliphatic heterocycles. The summed E-state index contributed by atoms with van der Waals surface area (Å²) >= 11 is 0. The molecule has 7 heteroatoms. The van der Waals surface area contributed by atoms with Gasteiger partial charge in [-0.15, -0.1) is 0 Å². The Labute approximate surface area is 133 Å². The predicted molar refractivity (Wildman–Crippen MR) is 81.0 cm³/mol. The average molecular weight is 326 g/mol. The Bertz CT molecular complexity index is 596. The molecular formula is C16H20F2N2O3. The minimum absolute atomic E-state index is 0.0362. The Morgan fingerprint density at radius 3 is 2.65 bits per heavy atom. The highest BCUT2D eigenvalue weighted by atomic mass is 19.1. The second-order valence-electron chi connectivity index (χ2n) is 5.46.